The van der Waals surface area contributed by atoms with Crippen molar-refractivity contribution >= 4 is 5.65 Å². The molecule has 0 amide bonds. The lowest BCUT2D eigenvalue weighted by Gasteiger charge is -2.37. The summed E-state index contributed by atoms with van der Waals surface area (Å²) in [6.45, 7) is 2.66. The van der Waals surface area contributed by atoms with Crippen molar-refractivity contribution in [1.82, 2.24) is 19.3 Å². The molecule has 0 aromatic carbocycles. The molecule has 2 atom stereocenters. The predicted octanol–water partition coefficient (Wildman–Crippen LogP) is 2.01. The van der Waals surface area contributed by atoms with E-state index in [0.717, 1.165) is 43.0 Å². The van der Waals surface area contributed by atoms with Gasteiger partial charge < -0.3 is 9.88 Å². The fourth-order valence-electron chi connectivity index (χ4n) is 4.12. The van der Waals surface area contributed by atoms with E-state index >= 15 is 0 Å². The number of nitrogens with zero attached hydrogens (tertiary/aromatic N) is 3. The minimum absolute atomic E-state index is 0.0189. The van der Waals surface area contributed by atoms with E-state index in [1.54, 1.807) is 22.7 Å². The van der Waals surface area contributed by atoms with Crippen LogP contribution in [-0.4, -0.2) is 27.0 Å². The number of rotatable bonds is 1. The first kappa shape index (κ1) is 13.9. The van der Waals surface area contributed by atoms with Crippen molar-refractivity contribution in [2.75, 3.05) is 13.1 Å². The maximum Gasteiger partial charge on any atom is 0.251 e. The second-order valence-electron chi connectivity index (χ2n) is 6.79. The Kier molecular flexibility index (Phi) is 2.91. The summed E-state index contributed by atoms with van der Waals surface area (Å²) in [6.07, 6.45) is 4.23. The van der Waals surface area contributed by atoms with Gasteiger partial charge in [0.25, 0.3) is 5.56 Å². The van der Waals surface area contributed by atoms with Crippen molar-refractivity contribution in [2.45, 2.75) is 18.9 Å². The Morgan fingerprint density at radius 1 is 1.25 bits per heavy atom. The molecule has 2 aliphatic heterocycles. The molecule has 3 aromatic heterocycles. The average Bonchev–Trinajstić information content (AvgIpc) is 2.99. The Hall–Kier alpha value is -2.47. The van der Waals surface area contributed by atoms with Crippen LogP contribution in [0.2, 0.25) is 0 Å². The van der Waals surface area contributed by atoms with E-state index in [4.69, 9.17) is 0 Å². The standard InChI is InChI=1S/C18H17FN4O/c19-14-1-2-17-21-8-16(22(17)10-14)12-4-15-13-3-11(6-20-7-13)9-23(15)18(24)5-12/h1-2,4-5,8,10-11,13,20H,3,6-7,9H2/t11-,13+/m0/s1. The molecule has 6 heteroatoms. The van der Waals surface area contributed by atoms with E-state index in [-0.39, 0.29) is 11.4 Å². The summed E-state index contributed by atoms with van der Waals surface area (Å²) < 4.78 is 17.2. The van der Waals surface area contributed by atoms with Crippen LogP contribution >= 0.6 is 0 Å². The van der Waals surface area contributed by atoms with Crippen LogP contribution in [0.1, 0.15) is 18.0 Å². The molecule has 1 N–H and O–H groups in total. The Labute approximate surface area is 137 Å². The predicted molar refractivity (Wildman–Crippen MR) is 88.6 cm³/mol. The number of fused-ring (bicyclic) bond motifs is 5. The Bertz CT molecular complexity index is 1010. The molecule has 1 fully saturated rings. The molecule has 24 heavy (non-hydrogen) atoms. The molecule has 3 aromatic rings. The number of nitrogens with one attached hydrogen (secondary N) is 1. The van der Waals surface area contributed by atoms with E-state index in [1.165, 1.54) is 12.3 Å². The molecule has 0 saturated carbocycles. The SMILES string of the molecule is O=c1cc(-c2cnc3ccc(F)cn23)cc2n1C[C@@H]1CNC[C@H]2C1. The lowest BCUT2D eigenvalue weighted by atomic mass is 9.83. The smallest absolute Gasteiger partial charge is 0.251 e. The van der Waals surface area contributed by atoms with Gasteiger partial charge in [0.1, 0.15) is 11.5 Å². The molecular weight excluding hydrogens is 307 g/mol. The molecule has 0 radical (unpaired) electrons. The Morgan fingerprint density at radius 3 is 3.08 bits per heavy atom. The van der Waals surface area contributed by atoms with Gasteiger partial charge in [-0.3, -0.25) is 9.20 Å². The van der Waals surface area contributed by atoms with Gasteiger partial charge in [0.05, 0.1) is 11.9 Å². The quantitative estimate of drug-likeness (QED) is 0.745. The Morgan fingerprint density at radius 2 is 2.17 bits per heavy atom. The van der Waals surface area contributed by atoms with Crippen molar-refractivity contribution in [3.05, 3.63) is 58.5 Å². The first-order valence-corrected chi connectivity index (χ1v) is 8.27. The van der Waals surface area contributed by atoms with Crippen LogP contribution < -0.4 is 10.9 Å². The topological polar surface area (TPSA) is 51.3 Å². The lowest BCUT2D eigenvalue weighted by molar-refractivity contribution is 0.257. The summed E-state index contributed by atoms with van der Waals surface area (Å²) in [5.41, 5.74) is 3.31. The Balaban J connectivity index is 1.71. The number of halogens is 1. The fourth-order valence-corrected chi connectivity index (χ4v) is 4.12. The van der Waals surface area contributed by atoms with Crippen molar-refractivity contribution in [2.24, 2.45) is 5.92 Å². The summed E-state index contributed by atoms with van der Waals surface area (Å²) in [4.78, 5) is 17.0. The summed E-state index contributed by atoms with van der Waals surface area (Å²) in [5.74, 6) is 0.571. The molecule has 0 unspecified atom stereocenters. The van der Waals surface area contributed by atoms with E-state index < -0.39 is 0 Å². The molecule has 0 spiro atoms. The van der Waals surface area contributed by atoms with Crippen molar-refractivity contribution in [1.29, 1.82) is 0 Å². The zero-order valence-electron chi connectivity index (χ0n) is 13.1. The summed E-state index contributed by atoms with van der Waals surface area (Å²) in [7, 11) is 0. The van der Waals surface area contributed by atoms with Crippen molar-refractivity contribution in [3.63, 3.8) is 0 Å². The zero-order chi connectivity index (χ0) is 16.3. The third kappa shape index (κ3) is 2.03. The highest BCUT2D eigenvalue weighted by molar-refractivity contribution is 5.64. The monoisotopic (exact) mass is 324 g/mol. The third-order valence-electron chi connectivity index (χ3n) is 5.23. The van der Waals surface area contributed by atoms with Gasteiger partial charge in [-0.2, -0.15) is 0 Å². The highest BCUT2D eigenvalue weighted by Gasteiger charge is 2.31. The van der Waals surface area contributed by atoms with E-state index in [2.05, 4.69) is 16.4 Å². The largest absolute Gasteiger partial charge is 0.316 e. The molecule has 2 aliphatic rings. The van der Waals surface area contributed by atoms with Crippen LogP contribution in [-0.2, 0) is 6.54 Å². The van der Waals surface area contributed by atoms with Crippen LogP contribution in [0, 0.1) is 11.7 Å². The molecule has 5 nitrogen and oxygen atoms in total. The number of piperidine rings is 1. The van der Waals surface area contributed by atoms with Gasteiger partial charge >= 0.3 is 0 Å². The lowest BCUT2D eigenvalue weighted by Crippen LogP contribution is -2.44. The normalized spacial score (nSPS) is 22.5. The molecule has 5 heterocycles. The first-order valence-electron chi connectivity index (χ1n) is 8.27. The zero-order valence-corrected chi connectivity index (χ0v) is 13.1. The molecule has 5 rings (SSSR count). The maximum absolute atomic E-state index is 13.6. The number of imidazole rings is 1. The second-order valence-corrected chi connectivity index (χ2v) is 6.79. The van der Waals surface area contributed by atoms with Crippen LogP contribution in [0.5, 0.6) is 0 Å². The summed E-state index contributed by atoms with van der Waals surface area (Å²) in [6, 6.07) is 6.75. The third-order valence-corrected chi connectivity index (χ3v) is 5.23. The fraction of sp³-hybridized carbons (Fsp3) is 0.333. The van der Waals surface area contributed by atoms with Crippen LogP contribution in [0.4, 0.5) is 4.39 Å². The minimum atomic E-state index is -0.323. The van der Waals surface area contributed by atoms with Gasteiger partial charge in [0, 0.05) is 42.5 Å². The highest BCUT2D eigenvalue weighted by Crippen LogP contribution is 2.33. The molecule has 122 valence electrons. The number of hydrogen-bond acceptors (Lipinski definition) is 3. The van der Waals surface area contributed by atoms with Crippen molar-refractivity contribution in [3.8, 4) is 11.3 Å². The molecule has 0 aliphatic carbocycles. The van der Waals surface area contributed by atoms with Crippen LogP contribution in [0.25, 0.3) is 16.9 Å². The van der Waals surface area contributed by atoms with Gasteiger partial charge in [-0.1, -0.05) is 0 Å². The van der Waals surface area contributed by atoms with Gasteiger partial charge in [-0.15, -0.1) is 0 Å². The van der Waals surface area contributed by atoms with E-state index in [1.807, 2.05) is 4.57 Å². The van der Waals surface area contributed by atoms with Crippen LogP contribution in [0.3, 0.4) is 0 Å². The average molecular weight is 324 g/mol. The second kappa shape index (κ2) is 5.01. The van der Waals surface area contributed by atoms with Gasteiger partial charge in [0.2, 0.25) is 0 Å². The first-order chi connectivity index (χ1) is 11.7. The van der Waals surface area contributed by atoms with Crippen molar-refractivity contribution < 1.29 is 4.39 Å². The molecule has 1 saturated heterocycles. The number of aromatic nitrogens is 3. The van der Waals surface area contributed by atoms with E-state index in [9.17, 15) is 9.18 Å². The summed E-state index contributed by atoms with van der Waals surface area (Å²) in [5, 5.41) is 3.46. The highest BCUT2D eigenvalue weighted by atomic mass is 19.1. The minimum Gasteiger partial charge on any atom is -0.316 e. The molecular formula is C18H17FN4O. The molecule has 2 bridgehead atoms. The van der Waals surface area contributed by atoms with Crippen LogP contribution in [0.15, 0.2) is 41.5 Å². The number of pyridine rings is 2. The van der Waals surface area contributed by atoms with Gasteiger partial charge in [-0.25, -0.2) is 9.37 Å². The van der Waals surface area contributed by atoms with E-state index in [0.29, 0.717) is 17.5 Å². The summed E-state index contributed by atoms with van der Waals surface area (Å²) >= 11 is 0. The van der Waals surface area contributed by atoms with Gasteiger partial charge in [-0.05, 0) is 37.1 Å². The number of hydrogen-bond donors (Lipinski definition) is 1. The maximum atomic E-state index is 13.6. The van der Waals surface area contributed by atoms with Gasteiger partial charge in [0.15, 0.2) is 0 Å².